The molecule has 0 saturated carbocycles. The van der Waals surface area contributed by atoms with Crippen molar-refractivity contribution in [2.24, 2.45) is 5.10 Å². The largest absolute Gasteiger partial charge is 0.508 e. The van der Waals surface area contributed by atoms with E-state index >= 15 is 0 Å². The number of hydrogen-bond donors (Lipinski definition) is 2. The Balaban J connectivity index is 2.59. The maximum absolute atomic E-state index is 11.7. The first-order valence-corrected chi connectivity index (χ1v) is 4.09. The summed E-state index contributed by atoms with van der Waals surface area (Å²) in [5.41, 5.74) is 1.68. The molecule has 0 atom stereocenters. The molecule has 0 fully saturated rings. The van der Waals surface area contributed by atoms with Gasteiger partial charge in [-0.1, -0.05) is 12.1 Å². The van der Waals surface area contributed by atoms with E-state index in [9.17, 15) is 18.0 Å². The van der Waals surface area contributed by atoms with E-state index in [2.05, 4.69) is 5.10 Å². The Morgan fingerprint density at radius 3 is 2.69 bits per heavy atom. The fourth-order valence-electron chi connectivity index (χ4n) is 0.834. The molecule has 1 rings (SSSR count). The number of halogens is 3. The molecule has 0 saturated heterocycles. The second-order valence-electron chi connectivity index (χ2n) is 2.79. The highest BCUT2D eigenvalue weighted by molar-refractivity contribution is 5.85. The highest BCUT2D eigenvalue weighted by atomic mass is 19.4. The fraction of sp³-hybridized carbons (Fsp3) is 0.111. The SMILES string of the molecule is O=C(N/N=C\c1cccc(O)c1)C(F)(F)F. The number of nitrogens with one attached hydrogen (secondary N) is 1. The molecule has 0 radical (unpaired) electrons. The van der Waals surface area contributed by atoms with Crippen molar-refractivity contribution >= 4 is 12.1 Å². The van der Waals surface area contributed by atoms with Crippen LogP contribution in [-0.2, 0) is 4.79 Å². The van der Waals surface area contributed by atoms with E-state index in [1.807, 2.05) is 0 Å². The number of carbonyl (C=O) groups is 1. The Labute approximate surface area is 88.4 Å². The second kappa shape index (κ2) is 4.65. The maximum Gasteiger partial charge on any atom is 0.473 e. The number of benzene rings is 1. The van der Waals surface area contributed by atoms with Crippen molar-refractivity contribution in [3.63, 3.8) is 0 Å². The molecule has 7 heteroatoms. The minimum Gasteiger partial charge on any atom is -0.508 e. The summed E-state index contributed by atoms with van der Waals surface area (Å²) in [6.07, 6.45) is -3.97. The molecule has 1 aromatic rings. The summed E-state index contributed by atoms with van der Waals surface area (Å²) in [4.78, 5) is 10.3. The quantitative estimate of drug-likeness (QED) is 0.598. The summed E-state index contributed by atoms with van der Waals surface area (Å²) >= 11 is 0. The number of carbonyl (C=O) groups excluding carboxylic acids is 1. The molecule has 16 heavy (non-hydrogen) atoms. The lowest BCUT2D eigenvalue weighted by Gasteiger charge is -2.02. The lowest BCUT2D eigenvalue weighted by Crippen LogP contribution is -2.33. The van der Waals surface area contributed by atoms with Gasteiger partial charge in [0.15, 0.2) is 0 Å². The summed E-state index contributed by atoms with van der Waals surface area (Å²) in [7, 11) is 0. The highest BCUT2D eigenvalue weighted by Crippen LogP contribution is 2.14. The number of phenolic OH excluding ortho intramolecular Hbond substituents is 1. The first-order valence-electron chi connectivity index (χ1n) is 4.09. The summed E-state index contributed by atoms with van der Waals surface area (Å²) < 4.78 is 35.1. The molecule has 0 unspecified atom stereocenters. The molecule has 0 aliphatic rings. The predicted molar refractivity (Wildman–Crippen MR) is 49.9 cm³/mol. The molecule has 0 aromatic heterocycles. The van der Waals surface area contributed by atoms with E-state index in [-0.39, 0.29) is 5.75 Å². The van der Waals surface area contributed by atoms with Gasteiger partial charge in [-0.2, -0.15) is 18.3 Å². The van der Waals surface area contributed by atoms with Crippen LogP contribution in [0.3, 0.4) is 0 Å². The van der Waals surface area contributed by atoms with Crippen molar-refractivity contribution in [1.82, 2.24) is 5.43 Å². The number of hydrogen-bond acceptors (Lipinski definition) is 3. The van der Waals surface area contributed by atoms with E-state index in [1.54, 1.807) is 0 Å². The Bertz CT molecular complexity index is 415. The third-order valence-electron chi connectivity index (χ3n) is 1.51. The van der Waals surface area contributed by atoms with Crippen LogP contribution in [0.25, 0.3) is 0 Å². The number of aromatic hydroxyl groups is 1. The van der Waals surface area contributed by atoms with Gasteiger partial charge in [0.1, 0.15) is 5.75 Å². The van der Waals surface area contributed by atoms with E-state index in [4.69, 9.17) is 5.11 Å². The van der Waals surface area contributed by atoms with Crippen LogP contribution in [0.4, 0.5) is 13.2 Å². The van der Waals surface area contributed by atoms with E-state index in [0.717, 1.165) is 6.21 Å². The summed E-state index contributed by atoms with van der Waals surface area (Å²) in [6, 6.07) is 5.67. The smallest absolute Gasteiger partial charge is 0.473 e. The van der Waals surface area contributed by atoms with Crippen LogP contribution in [0.1, 0.15) is 5.56 Å². The third-order valence-corrected chi connectivity index (χ3v) is 1.51. The van der Waals surface area contributed by atoms with Crippen molar-refractivity contribution in [3.8, 4) is 5.75 Å². The Morgan fingerprint density at radius 1 is 1.44 bits per heavy atom. The predicted octanol–water partition coefficient (Wildman–Crippen LogP) is 1.40. The summed E-state index contributed by atoms with van der Waals surface area (Å²) in [5.74, 6) is -2.20. The maximum atomic E-state index is 11.7. The van der Waals surface area contributed by atoms with Gasteiger partial charge in [-0.05, 0) is 17.7 Å². The summed E-state index contributed by atoms with van der Waals surface area (Å²) in [5, 5.41) is 12.1. The Hall–Kier alpha value is -2.05. The molecule has 0 spiro atoms. The van der Waals surface area contributed by atoms with Crippen LogP contribution in [0.5, 0.6) is 5.75 Å². The van der Waals surface area contributed by atoms with Crippen LogP contribution < -0.4 is 5.43 Å². The molecule has 0 aliphatic heterocycles. The number of hydrazone groups is 1. The molecule has 1 aromatic carbocycles. The van der Waals surface area contributed by atoms with E-state index in [1.165, 1.54) is 29.7 Å². The normalized spacial score (nSPS) is 11.7. The molecule has 4 nitrogen and oxygen atoms in total. The fourth-order valence-corrected chi connectivity index (χ4v) is 0.834. The Morgan fingerprint density at radius 2 is 2.12 bits per heavy atom. The monoisotopic (exact) mass is 232 g/mol. The molecular weight excluding hydrogens is 225 g/mol. The van der Waals surface area contributed by atoms with Crippen molar-refractivity contribution in [1.29, 1.82) is 0 Å². The molecule has 1 amide bonds. The lowest BCUT2D eigenvalue weighted by molar-refractivity contribution is -0.173. The highest BCUT2D eigenvalue weighted by Gasteiger charge is 2.38. The number of phenols is 1. The summed E-state index contributed by atoms with van der Waals surface area (Å²) in [6.45, 7) is 0. The minimum absolute atomic E-state index is 0.0499. The topological polar surface area (TPSA) is 61.7 Å². The van der Waals surface area contributed by atoms with Crippen molar-refractivity contribution in [3.05, 3.63) is 29.8 Å². The first-order chi connectivity index (χ1) is 7.39. The van der Waals surface area contributed by atoms with Crippen LogP contribution in [0, 0.1) is 0 Å². The third kappa shape index (κ3) is 3.60. The van der Waals surface area contributed by atoms with Crippen molar-refractivity contribution in [2.75, 3.05) is 0 Å². The van der Waals surface area contributed by atoms with Gasteiger partial charge in [-0.15, -0.1) is 0 Å². The molecule has 0 bridgehead atoms. The van der Waals surface area contributed by atoms with Crippen LogP contribution in [0.15, 0.2) is 29.4 Å². The molecule has 0 heterocycles. The molecule has 86 valence electrons. The lowest BCUT2D eigenvalue weighted by atomic mass is 10.2. The van der Waals surface area contributed by atoms with Gasteiger partial charge >= 0.3 is 12.1 Å². The van der Waals surface area contributed by atoms with Crippen molar-refractivity contribution in [2.45, 2.75) is 6.18 Å². The zero-order valence-electron chi connectivity index (χ0n) is 7.82. The van der Waals surface area contributed by atoms with Crippen LogP contribution >= 0.6 is 0 Å². The van der Waals surface area contributed by atoms with Gasteiger partial charge in [0.05, 0.1) is 6.21 Å². The van der Waals surface area contributed by atoms with E-state index in [0.29, 0.717) is 5.56 Å². The number of rotatable bonds is 2. The average molecular weight is 232 g/mol. The zero-order valence-corrected chi connectivity index (χ0v) is 7.82. The number of alkyl halides is 3. The standard InChI is InChI=1S/C9H7F3N2O2/c10-9(11,12)8(16)14-13-5-6-2-1-3-7(15)4-6/h1-5,15H,(H,14,16)/b13-5-. The van der Waals surface area contributed by atoms with Gasteiger partial charge in [0.2, 0.25) is 0 Å². The van der Waals surface area contributed by atoms with Gasteiger partial charge in [-0.25, -0.2) is 5.43 Å². The minimum atomic E-state index is -4.96. The Kier molecular flexibility index (Phi) is 3.49. The van der Waals surface area contributed by atoms with Crippen LogP contribution in [-0.4, -0.2) is 23.4 Å². The van der Waals surface area contributed by atoms with Gasteiger partial charge in [0.25, 0.3) is 0 Å². The second-order valence-corrected chi connectivity index (χ2v) is 2.79. The average Bonchev–Trinajstić information content (AvgIpc) is 2.16. The van der Waals surface area contributed by atoms with Crippen LogP contribution in [0.2, 0.25) is 0 Å². The van der Waals surface area contributed by atoms with Gasteiger partial charge in [0, 0.05) is 0 Å². The molecular formula is C9H7F3N2O2. The first kappa shape index (κ1) is 12.0. The van der Waals surface area contributed by atoms with Gasteiger partial charge < -0.3 is 5.11 Å². The van der Waals surface area contributed by atoms with E-state index < -0.39 is 12.1 Å². The van der Waals surface area contributed by atoms with Crippen molar-refractivity contribution < 1.29 is 23.1 Å². The zero-order chi connectivity index (χ0) is 12.2. The van der Waals surface area contributed by atoms with Gasteiger partial charge in [-0.3, -0.25) is 4.79 Å². The molecule has 2 N–H and O–H groups in total. The molecule has 0 aliphatic carbocycles. The number of nitrogens with zero attached hydrogens (tertiary/aromatic N) is 1. The number of amides is 1.